The maximum absolute atomic E-state index is 13.9. The van der Waals surface area contributed by atoms with Gasteiger partial charge in [-0.15, -0.1) is 11.3 Å². The summed E-state index contributed by atoms with van der Waals surface area (Å²) in [5, 5.41) is 2.09. The molecule has 0 saturated carbocycles. The molecule has 0 bridgehead atoms. The minimum atomic E-state index is -4.11. The van der Waals surface area contributed by atoms with Crippen LogP contribution < -0.4 is 18.5 Å². The van der Waals surface area contributed by atoms with Crippen LogP contribution in [0.1, 0.15) is 45.6 Å². The Bertz CT molecular complexity index is 1460. The van der Waals surface area contributed by atoms with E-state index in [1.165, 1.54) is 47.1 Å². The van der Waals surface area contributed by atoms with Crippen LogP contribution in [-0.4, -0.2) is 57.0 Å². The Morgan fingerprint density at radius 3 is 2.54 bits per heavy atom. The molecule has 41 heavy (non-hydrogen) atoms. The van der Waals surface area contributed by atoms with Crippen LogP contribution in [-0.2, 0) is 21.3 Å². The lowest BCUT2D eigenvalue weighted by Gasteiger charge is -2.36. The number of nitrogens with zero attached hydrogens (tertiary/aromatic N) is 3. The molecule has 0 radical (unpaired) electrons. The molecule has 1 fully saturated rings. The fourth-order valence-corrected chi connectivity index (χ4v) is 6.88. The summed E-state index contributed by atoms with van der Waals surface area (Å²) in [5.74, 6) is 1.33. The Morgan fingerprint density at radius 1 is 1.12 bits per heavy atom. The number of anilines is 1. The maximum atomic E-state index is 13.9. The van der Waals surface area contributed by atoms with Gasteiger partial charge in [0.2, 0.25) is 0 Å². The number of benzene rings is 2. The van der Waals surface area contributed by atoms with Crippen LogP contribution in [0.4, 0.5) is 9.93 Å². The van der Waals surface area contributed by atoms with E-state index in [0.717, 1.165) is 12.8 Å². The van der Waals surface area contributed by atoms with Gasteiger partial charge in [0.1, 0.15) is 22.8 Å². The average Bonchev–Trinajstić information content (AvgIpc) is 3.46. The molecule has 2 heterocycles. The van der Waals surface area contributed by atoms with Crippen molar-refractivity contribution in [2.24, 2.45) is 0 Å². The van der Waals surface area contributed by atoms with E-state index in [4.69, 9.17) is 30.5 Å². The first-order valence-corrected chi connectivity index (χ1v) is 15.7. The molecule has 0 spiro atoms. The van der Waals surface area contributed by atoms with Gasteiger partial charge in [0.15, 0.2) is 11.4 Å². The molecule has 222 valence electrons. The summed E-state index contributed by atoms with van der Waals surface area (Å²) < 4.78 is 51.5. The Labute approximate surface area is 249 Å². The number of rotatable bonds is 9. The van der Waals surface area contributed by atoms with E-state index in [9.17, 15) is 13.2 Å². The zero-order chi connectivity index (χ0) is 29.8. The molecule has 3 aromatic rings. The summed E-state index contributed by atoms with van der Waals surface area (Å²) in [6, 6.07) is 9.46. The molecule has 1 saturated heterocycles. The van der Waals surface area contributed by atoms with Crippen molar-refractivity contribution in [2.75, 3.05) is 25.1 Å². The number of hydrogen-bond donors (Lipinski definition) is 0. The topological polar surface area (TPSA) is 108 Å². The van der Waals surface area contributed by atoms with Gasteiger partial charge in [-0.1, -0.05) is 11.6 Å². The Kier molecular flexibility index (Phi) is 9.55. The SMILES string of the molecule is COc1ccc(CN(c2nccs2)S(=O)(=O)c2ccc(OC3CCCCN3C(=O)OC(C)(C)C)c(Cl)c2)c(OC)c1. The van der Waals surface area contributed by atoms with Crippen molar-refractivity contribution >= 4 is 44.2 Å². The zero-order valence-corrected chi connectivity index (χ0v) is 26.0. The maximum Gasteiger partial charge on any atom is 0.413 e. The second-order valence-corrected chi connectivity index (χ2v) is 13.5. The quantitative estimate of drug-likeness (QED) is 0.272. The molecule has 0 N–H and O–H groups in total. The van der Waals surface area contributed by atoms with Crippen LogP contribution in [0.3, 0.4) is 0 Å². The van der Waals surface area contributed by atoms with E-state index in [-0.39, 0.29) is 27.3 Å². The van der Waals surface area contributed by atoms with E-state index in [1.807, 2.05) is 0 Å². The molecule has 10 nitrogen and oxygen atoms in total. The van der Waals surface area contributed by atoms with Crippen molar-refractivity contribution in [3.8, 4) is 17.2 Å². The van der Waals surface area contributed by atoms with Gasteiger partial charge in [0.25, 0.3) is 10.0 Å². The normalized spacial score (nSPS) is 15.8. The van der Waals surface area contributed by atoms with E-state index in [1.54, 1.807) is 56.4 Å². The van der Waals surface area contributed by atoms with Crippen LogP contribution in [0.25, 0.3) is 0 Å². The monoisotopic (exact) mass is 623 g/mol. The highest BCUT2D eigenvalue weighted by Gasteiger charge is 2.33. The van der Waals surface area contributed by atoms with E-state index in [2.05, 4.69) is 4.98 Å². The van der Waals surface area contributed by atoms with E-state index < -0.39 is 27.9 Å². The number of hydrogen-bond acceptors (Lipinski definition) is 9. The van der Waals surface area contributed by atoms with Gasteiger partial charge in [0, 0.05) is 36.2 Å². The van der Waals surface area contributed by atoms with Gasteiger partial charge in [-0.25, -0.2) is 22.5 Å². The molecule has 1 atom stereocenters. The standard InChI is InChI=1S/C28H34ClN3O7S2/c1-28(2,3)39-27(33)31-14-7-6-8-25(31)38-23-12-11-21(17-22(23)29)41(34,35)32(26-30-13-15-40-26)18-19-9-10-20(36-4)16-24(19)37-5/h9-13,15-17,25H,6-8,14,18H2,1-5H3. The second kappa shape index (κ2) is 12.7. The molecule has 1 aromatic heterocycles. The third-order valence-corrected chi connectivity index (χ3v) is 9.21. The number of thiazole rings is 1. The lowest BCUT2D eigenvalue weighted by Crippen LogP contribution is -2.48. The Hall–Kier alpha value is -3.22. The van der Waals surface area contributed by atoms with Gasteiger partial charge >= 0.3 is 6.09 Å². The highest BCUT2D eigenvalue weighted by atomic mass is 35.5. The first-order valence-electron chi connectivity index (χ1n) is 13.0. The molecule has 1 unspecified atom stereocenters. The van der Waals surface area contributed by atoms with Crippen LogP contribution in [0, 0.1) is 0 Å². The van der Waals surface area contributed by atoms with Crippen LogP contribution in [0.2, 0.25) is 5.02 Å². The lowest BCUT2D eigenvalue weighted by molar-refractivity contribution is -0.0341. The van der Waals surface area contributed by atoms with Gasteiger partial charge < -0.3 is 18.9 Å². The molecule has 1 aliphatic rings. The fourth-order valence-electron chi connectivity index (χ4n) is 4.30. The van der Waals surface area contributed by atoms with Crippen LogP contribution in [0.5, 0.6) is 17.2 Å². The predicted molar refractivity (Wildman–Crippen MR) is 158 cm³/mol. The van der Waals surface area contributed by atoms with Crippen molar-refractivity contribution in [1.82, 2.24) is 9.88 Å². The molecule has 2 aromatic carbocycles. The highest BCUT2D eigenvalue weighted by molar-refractivity contribution is 7.93. The largest absolute Gasteiger partial charge is 0.497 e. The number of amides is 1. The number of ether oxygens (including phenoxy) is 4. The Balaban J connectivity index is 1.61. The van der Waals surface area contributed by atoms with Crippen molar-refractivity contribution in [2.45, 2.75) is 63.3 Å². The second-order valence-electron chi connectivity index (χ2n) is 10.3. The van der Waals surface area contributed by atoms with Gasteiger partial charge in [0.05, 0.1) is 30.7 Å². The molecule has 4 rings (SSSR count). The summed E-state index contributed by atoms with van der Waals surface area (Å²) in [4.78, 5) is 18.5. The summed E-state index contributed by atoms with van der Waals surface area (Å²) in [5.41, 5.74) is -0.0241. The molecular weight excluding hydrogens is 590 g/mol. The molecular formula is C28H34ClN3O7S2. The number of methoxy groups -OCH3 is 2. The average molecular weight is 624 g/mol. The van der Waals surface area contributed by atoms with Crippen LogP contribution in [0.15, 0.2) is 52.9 Å². The van der Waals surface area contributed by atoms with Crippen molar-refractivity contribution in [3.63, 3.8) is 0 Å². The third-order valence-electron chi connectivity index (χ3n) is 6.27. The molecule has 1 aliphatic heterocycles. The smallest absolute Gasteiger partial charge is 0.413 e. The number of carbonyl (C=O) groups is 1. The summed E-state index contributed by atoms with van der Waals surface area (Å²) in [7, 11) is -1.06. The van der Waals surface area contributed by atoms with Gasteiger partial charge in [-0.2, -0.15) is 0 Å². The fraction of sp³-hybridized carbons (Fsp3) is 0.429. The number of halogens is 1. The van der Waals surface area contributed by atoms with Gasteiger partial charge in [-0.3, -0.25) is 4.90 Å². The number of likely N-dealkylation sites (tertiary alicyclic amines) is 1. The Morgan fingerprint density at radius 2 is 1.90 bits per heavy atom. The molecule has 1 amide bonds. The minimum absolute atomic E-state index is 0.0359. The first kappa shape index (κ1) is 30.7. The first-order chi connectivity index (χ1) is 19.4. The van der Waals surface area contributed by atoms with Crippen molar-refractivity contribution < 1.29 is 32.2 Å². The van der Waals surface area contributed by atoms with E-state index in [0.29, 0.717) is 30.0 Å². The van der Waals surface area contributed by atoms with Crippen molar-refractivity contribution in [3.05, 3.63) is 58.6 Å². The van der Waals surface area contributed by atoms with Crippen LogP contribution >= 0.6 is 22.9 Å². The number of aromatic nitrogens is 1. The molecule has 0 aliphatic carbocycles. The number of sulfonamides is 1. The zero-order valence-electron chi connectivity index (χ0n) is 23.6. The summed E-state index contributed by atoms with van der Waals surface area (Å²) >= 11 is 7.76. The summed E-state index contributed by atoms with van der Waals surface area (Å²) in [6.07, 6.45) is 2.77. The van der Waals surface area contributed by atoms with Gasteiger partial charge in [-0.05, 0) is 63.9 Å². The summed E-state index contributed by atoms with van der Waals surface area (Å²) in [6.45, 7) is 5.87. The number of carbonyl (C=O) groups excluding carboxylic acids is 1. The number of piperidine rings is 1. The molecule has 13 heteroatoms. The lowest BCUT2D eigenvalue weighted by atomic mass is 10.1. The predicted octanol–water partition coefficient (Wildman–Crippen LogP) is 6.34. The highest BCUT2D eigenvalue weighted by Crippen LogP contribution is 2.35. The van der Waals surface area contributed by atoms with E-state index >= 15 is 0 Å². The minimum Gasteiger partial charge on any atom is -0.497 e. The van der Waals surface area contributed by atoms with Crippen molar-refractivity contribution in [1.29, 1.82) is 0 Å². The third kappa shape index (κ3) is 7.35.